The predicted molar refractivity (Wildman–Crippen MR) is 70.5 cm³/mol. The van der Waals surface area contributed by atoms with Crippen molar-refractivity contribution < 1.29 is 19.4 Å². The third-order valence-electron chi connectivity index (χ3n) is 3.20. The minimum absolute atomic E-state index is 0.0755. The summed E-state index contributed by atoms with van der Waals surface area (Å²) in [7, 11) is 0. The Bertz CT molecular complexity index is 418. The second-order valence-electron chi connectivity index (χ2n) is 6.20. The van der Waals surface area contributed by atoms with Gasteiger partial charge in [-0.2, -0.15) is 0 Å². The number of terminal acetylenes is 1. The number of hydrogen-bond donors (Lipinski definition) is 1. The molecule has 0 unspecified atom stereocenters. The lowest BCUT2D eigenvalue weighted by Gasteiger charge is -2.41. The fourth-order valence-electron chi connectivity index (χ4n) is 2.04. The Morgan fingerprint density at radius 3 is 2.47 bits per heavy atom. The molecule has 0 radical (unpaired) electrons. The third-order valence-corrected chi connectivity index (χ3v) is 3.20. The first-order valence-corrected chi connectivity index (χ1v) is 6.28. The number of carboxylic acid groups (broad SMARTS) is 1. The standard InChI is InChI=1S/C14H21NO4/c1-6-10-7-8-14(5,11(16)17)9-15(10)12(18)19-13(2,3)4/h1,10H,7-9H2,2-5H3,(H,16,17)/t10-,14-/m1/s1. The molecule has 106 valence electrons. The molecule has 0 bridgehead atoms. The first-order chi connectivity index (χ1) is 8.59. The average Bonchev–Trinajstić information content (AvgIpc) is 2.26. The Balaban J connectivity index is 2.91. The molecule has 0 aliphatic carbocycles. The van der Waals surface area contributed by atoms with Gasteiger partial charge in [0.15, 0.2) is 0 Å². The molecular formula is C14H21NO4. The summed E-state index contributed by atoms with van der Waals surface area (Å²) in [5.74, 6) is 1.61. The molecule has 1 heterocycles. The van der Waals surface area contributed by atoms with Gasteiger partial charge in [0.2, 0.25) is 0 Å². The monoisotopic (exact) mass is 267 g/mol. The molecule has 2 atom stereocenters. The lowest BCUT2D eigenvalue weighted by atomic mass is 9.79. The highest BCUT2D eigenvalue weighted by Crippen LogP contribution is 2.33. The van der Waals surface area contributed by atoms with Gasteiger partial charge < -0.3 is 9.84 Å². The number of aliphatic carboxylic acids is 1. The Kier molecular flexibility index (Phi) is 4.14. The van der Waals surface area contributed by atoms with Crippen LogP contribution in [-0.2, 0) is 9.53 Å². The molecule has 0 saturated carbocycles. The molecule has 1 aliphatic heterocycles. The van der Waals surface area contributed by atoms with Crippen molar-refractivity contribution in [3.05, 3.63) is 0 Å². The minimum atomic E-state index is -0.968. The van der Waals surface area contributed by atoms with E-state index in [0.29, 0.717) is 12.8 Å². The topological polar surface area (TPSA) is 66.8 Å². The van der Waals surface area contributed by atoms with E-state index in [1.165, 1.54) is 4.90 Å². The molecule has 0 aromatic heterocycles. The fourth-order valence-corrected chi connectivity index (χ4v) is 2.04. The zero-order valence-electron chi connectivity index (χ0n) is 11.9. The molecule has 0 spiro atoms. The fraction of sp³-hybridized carbons (Fsp3) is 0.714. The van der Waals surface area contributed by atoms with Crippen LogP contribution in [0.1, 0.15) is 40.5 Å². The summed E-state index contributed by atoms with van der Waals surface area (Å²) in [5, 5.41) is 9.26. The van der Waals surface area contributed by atoms with Crippen LogP contribution in [-0.4, -0.2) is 40.3 Å². The van der Waals surface area contributed by atoms with Gasteiger partial charge in [0.25, 0.3) is 0 Å². The van der Waals surface area contributed by atoms with Crippen molar-refractivity contribution >= 4 is 12.1 Å². The van der Waals surface area contributed by atoms with E-state index >= 15 is 0 Å². The number of hydrogen-bond acceptors (Lipinski definition) is 3. The number of rotatable bonds is 1. The number of ether oxygens (including phenoxy) is 1. The smallest absolute Gasteiger partial charge is 0.411 e. The summed E-state index contributed by atoms with van der Waals surface area (Å²) < 4.78 is 5.28. The highest BCUT2D eigenvalue weighted by molar-refractivity contribution is 5.77. The normalized spacial score (nSPS) is 27.5. The van der Waals surface area contributed by atoms with Crippen molar-refractivity contribution in [2.75, 3.05) is 6.54 Å². The van der Waals surface area contributed by atoms with Crippen LogP contribution in [0.5, 0.6) is 0 Å². The highest BCUT2D eigenvalue weighted by Gasteiger charge is 2.44. The minimum Gasteiger partial charge on any atom is -0.481 e. The maximum Gasteiger partial charge on any atom is 0.411 e. The average molecular weight is 267 g/mol. The van der Waals surface area contributed by atoms with Gasteiger partial charge in [-0.05, 0) is 40.5 Å². The van der Waals surface area contributed by atoms with Crippen molar-refractivity contribution in [3.63, 3.8) is 0 Å². The van der Waals surface area contributed by atoms with Crippen LogP contribution < -0.4 is 0 Å². The Morgan fingerprint density at radius 1 is 1.47 bits per heavy atom. The molecule has 1 amide bonds. The van der Waals surface area contributed by atoms with Crippen LogP contribution in [0.3, 0.4) is 0 Å². The van der Waals surface area contributed by atoms with E-state index in [0.717, 1.165) is 0 Å². The number of carbonyl (C=O) groups excluding carboxylic acids is 1. The van der Waals surface area contributed by atoms with Gasteiger partial charge in [0.05, 0.1) is 11.5 Å². The predicted octanol–water partition coefficient (Wildman–Crippen LogP) is 2.11. The maximum atomic E-state index is 12.1. The van der Waals surface area contributed by atoms with Crippen molar-refractivity contribution in [1.29, 1.82) is 0 Å². The van der Waals surface area contributed by atoms with E-state index in [2.05, 4.69) is 5.92 Å². The number of likely N-dealkylation sites (tertiary alicyclic amines) is 1. The molecule has 1 N–H and O–H groups in total. The zero-order chi connectivity index (χ0) is 14.8. The van der Waals surface area contributed by atoms with Crippen LogP contribution in [0, 0.1) is 17.8 Å². The summed E-state index contributed by atoms with van der Waals surface area (Å²) in [4.78, 5) is 24.8. The molecule has 0 aromatic carbocycles. The molecule has 1 saturated heterocycles. The molecule has 1 aliphatic rings. The maximum absolute atomic E-state index is 12.1. The number of carbonyl (C=O) groups is 2. The van der Waals surface area contributed by atoms with Crippen molar-refractivity contribution in [2.24, 2.45) is 5.41 Å². The van der Waals surface area contributed by atoms with Crippen LogP contribution in [0.25, 0.3) is 0 Å². The van der Waals surface area contributed by atoms with E-state index in [4.69, 9.17) is 11.2 Å². The van der Waals surface area contributed by atoms with Gasteiger partial charge in [-0.15, -0.1) is 6.42 Å². The van der Waals surface area contributed by atoms with Gasteiger partial charge in [0, 0.05) is 6.54 Å². The first-order valence-electron chi connectivity index (χ1n) is 6.28. The summed E-state index contributed by atoms with van der Waals surface area (Å²) in [6, 6.07) is -0.401. The number of piperidine rings is 1. The van der Waals surface area contributed by atoms with E-state index in [1.54, 1.807) is 27.7 Å². The molecule has 5 nitrogen and oxygen atoms in total. The Labute approximate surface area is 113 Å². The van der Waals surface area contributed by atoms with Gasteiger partial charge in [-0.1, -0.05) is 5.92 Å². The van der Waals surface area contributed by atoms with Crippen LogP contribution >= 0.6 is 0 Å². The molecule has 19 heavy (non-hydrogen) atoms. The molecule has 5 heteroatoms. The second-order valence-corrected chi connectivity index (χ2v) is 6.20. The van der Waals surface area contributed by atoms with Crippen LogP contribution in [0.2, 0.25) is 0 Å². The molecule has 0 aromatic rings. The van der Waals surface area contributed by atoms with Crippen molar-refractivity contribution in [1.82, 2.24) is 4.90 Å². The lowest BCUT2D eigenvalue weighted by molar-refractivity contribution is -0.151. The largest absolute Gasteiger partial charge is 0.481 e. The quantitative estimate of drug-likeness (QED) is 0.739. The van der Waals surface area contributed by atoms with Crippen molar-refractivity contribution in [3.8, 4) is 12.3 Å². The van der Waals surface area contributed by atoms with E-state index in [1.807, 2.05) is 0 Å². The summed E-state index contributed by atoms with van der Waals surface area (Å²) in [6.07, 6.45) is 5.79. The molecule has 1 fully saturated rings. The SMILES string of the molecule is C#C[C@@H]1CC[C@@](C)(C(=O)O)CN1C(=O)OC(C)(C)C. The lowest BCUT2D eigenvalue weighted by Crippen LogP contribution is -2.53. The summed E-state index contributed by atoms with van der Waals surface area (Å²) in [5.41, 5.74) is -1.60. The van der Waals surface area contributed by atoms with Crippen LogP contribution in [0.15, 0.2) is 0 Å². The first kappa shape index (κ1) is 15.4. The van der Waals surface area contributed by atoms with Gasteiger partial charge in [-0.25, -0.2) is 4.79 Å². The Morgan fingerprint density at radius 2 is 2.05 bits per heavy atom. The van der Waals surface area contributed by atoms with E-state index in [9.17, 15) is 14.7 Å². The van der Waals surface area contributed by atoms with Gasteiger partial charge >= 0.3 is 12.1 Å². The van der Waals surface area contributed by atoms with E-state index < -0.39 is 29.1 Å². The highest BCUT2D eigenvalue weighted by atomic mass is 16.6. The number of nitrogens with zero attached hydrogens (tertiary/aromatic N) is 1. The zero-order valence-corrected chi connectivity index (χ0v) is 11.9. The van der Waals surface area contributed by atoms with Gasteiger partial charge in [0.1, 0.15) is 5.60 Å². The summed E-state index contributed by atoms with van der Waals surface area (Å²) in [6.45, 7) is 6.98. The van der Waals surface area contributed by atoms with Gasteiger partial charge in [-0.3, -0.25) is 9.69 Å². The van der Waals surface area contributed by atoms with E-state index in [-0.39, 0.29) is 6.54 Å². The summed E-state index contributed by atoms with van der Waals surface area (Å²) >= 11 is 0. The van der Waals surface area contributed by atoms with Crippen LogP contribution in [0.4, 0.5) is 4.79 Å². The third kappa shape index (κ3) is 3.63. The molecule has 1 rings (SSSR count). The number of amides is 1. The van der Waals surface area contributed by atoms with Crippen molar-refractivity contribution in [2.45, 2.75) is 52.2 Å². The Hall–Kier alpha value is -1.70. The second kappa shape index (κ2) is 5.12. The number of carboxylic acids is 1. The molecular weight excluding hydrogens is 246 g/mol.